The van der Waals surface area contributed by atoms with E-state index in [1.807, 2.05) is 33.8 Å². The van der Waals surface area contributed by atoms with E-state index >= 15 is 0 Å². The highest BCUT2D eigenvalue weighted by atomic mass is 35.5. The largest absolute Gasteiger partial charge is 0.495 e. The highest BCUT2D eigenvalue weighted by Gasteiger charge is 2.30. The van der Waals surface area contributed by atoms with Gasteiger partial charge < -0.3 is 10.5 Å². The highest BCUT2D eigenvalue weighted by molar-refractivity contribution is 7.89. The lowest BCUT2D eigenvalue weighted by atomic mass is 9.94. The van der Waals surface area contributed by atoms with Crippen LogP contribution in [0.1, 0.15) is 25.0 Å². The molecule has 0 atom stereocenters. The van der Waals surface area contributed by atoms with Crippen LogP contribution in [0.25, 0.3) is 0 Å². The van der Waals surface area contributed by atoms with E-state index in [1.165, 1.54) is 11.4 Å². The number of nitrogens with two attached hydrogens (primary N) is 1. The molecule has 0 saturated carbocycles. The molecule has 0 spiro atoms. The molecule has 0 fully saturated rings. The number of aryl methyl sites for hydroxylation is 2. The summed E-state index contributed by atoms with van der Waals surface area (Å²) >= 11 is 0. The van der Waals surface area contributed by atoms with Gasteiger partial charge in [0.05, 0.1) is 7.11 Å². The number of hydrogen-bond acceptors (Lipinski definition) is 4. The Bertz CT molecular complexity index is 615. The number of hydrogen-bond donors (Lipinski definition) is 1. The Hall–Kier alpha value is -0.820. The Balaban J connectivity index is 0.00000441. The van der Waals surface area contributed by atoms with Crippen molar-refractivity contribution < 1.29 is 13.2 Å². The molecule has 0 amide bonds. The average Bonchev–Trinajstić information content (AvgIpc) is 2.37. The molecule has 7 heteroatoms. The maximum absolute atomic E-state index is 12.8. The number of rotatable bonds is 6. The van der Waals surface area contributed by atoms with Crippen molar-refractivity contribution in [1.82, 2.24) is 4.31 Å². The minimum Gasteiger partial charge on any atom is -0.495 e. The predicted molar refractivity (Wildman–Crippen MR) is 92.4 cm³/mol. The average molecular weight is 351 g/mol. The van der Waals surface area contributed by atoms with Gasteiger partial charge in [0.1, 0.15) is 10.6 Å². The van der Waals surface area contributed by atoms with E-state index in [0.717, 1.165) is 11.1 Å². The van der Waals surface area contributed by atoms with Crippen LogP contribution in [0.2, 0.25) is 0 Å². The Morgan fingerprint density at radius 3 is 2.27 bits per heavy atom. The van der Waals surface area contributed by atoms with E-state index in [9.17, 15) is 8.42 Å². The van der Waals surface area contributed by atoms with Crippen molar-refractivity contribution in [3.8, 4) is 5.75 Å². The number of nitrogens with zero attached hydrogens (tertiary/aromatic N) is 1. The fourth-order valence-electron chi connectivity index (χ4n) is 2.29. The van der Waals surface area contributed by atoms with E-state index < -0.39 is 10.0 Å². The second-order valence-corrected chi connectivity index (χ2v) is 8.26. The van der Waals surface area contributed by atoms with Crippen LogP contribution < -0.4 is 10.5 Å². The van der Waals surface area contributed by atoms with Gasteiger partial charge in [-0.05, 0) is 43.0 Å². The van der Waals surface area contributed by atoms with Crippen molar-refractivity contribution in [2.75, 3.05) is 27.2 Å². The summed E-state index contributed by atoms with van der Waals surface area (Å²) in [4.78, 5) is 0.206. The minimum atomic E-state index is -3.62. The van der Waals surface area contributed by atoms with Crippen molar-refractivity contribution in [2.24, 2.45) is 11.1 Å². The summed E-state index contributed by atoms with van der Waals surface area (Å²) in [6.45, 7) is 8.36. The third kappa shape index (κ3) is 4.59. The molecule has 0 heterocycles. The fourth-order valence-corrected chi connectivity index (χ4v) is 3.96. The topological polar surface area (TPSA) is 72.6 Å². The van der Waals surface area contributed by atoms with E-state index in [4.69, 9.17) is 10.5 Å². The van der Waals surface area contributed by atoms with Crippen LogP contribution in [-0.2, 0) is 10.0 Å². The molecule has 0 aliphatic heterocycles. The van der Waals surface area contributed by atoms with E-state index in [1.54, 1.807) is 13.1 Å². The number of benzene rings is 1. The smallest absolute Gasteiger partial charge is 0.246 e. The fraction of sp³-hybridized carbons (Fsp3) is 0.600. The molecule has 5 nitrogen and oxygen atoms in total. The number of halogens is 1. The van der Waals surface area contributed by atoms with E-state index in [0.29, 0.717) is 18.8 Å². The molecule has 128 valence electrons. The molecule has 0 aliphatic rings. The van der Waals surface area contributed by atoms with Gasteiger partial charge in [-0.25, -0.2) is 12.7 Å². The zero-order valence-corrected chi connectivity index (χ0v) is 15.8. The summed E-state index contributed by atoms with van der Waals surface area (Å²) in [7, 11) is -0.557. The molecule has 22 heavy (non-hydrogen) atoms. The van der Waals surface area contributed by atoms with Crippen molar-refractivity contribution in [3.63, 3.8) is 0 Å². The second kappa shape index (κ2) is 7.64. The number of methoxy groups -OCH3 is 1. The van der Waals surface area contributed by atoms with Crippen LogP contribution in [0.3, 0.4) is 0 Å². The molecule has 0 saturated heterocycles. The monoisotopic (exact) mass is 350 g/mol. The van der Waals surface area contributed by atoms with Gasteiger partial charge in [0, 0.05) is 13.6 Å². The Morgan fingerprint density at radius 2 is 1.82 bits per heavy atom. The van der Waals surface area contributed by atoms with Crippen LogP contribution in [0.5, 0.6) is 5.75 Å². The summed E-state index contributed by atoms with van der Waals surface area (Å²) in [5, 5.41) is 0. The van der Waals surface area contributed by atoms with Gasteiger partial charge in [-0.1, -0.05) is 19.9 Å². The summed E-state index contributed by atoms with van der Waals surface area (Å²) in [5.74, 6) is 0.401. The molecule has 0 aromatic heterocycles. The number of sulfonamides is 1. The normalized spacial score (nSPS) is 12.2. The minimum absolute atomic E-state index is 0. The van der Waals surface area contributed by atoms with Crippen LogP contribution in [-0.4, -0.2) is 40.0 Å². The Kier molecular flexibility index (Phi) is 7.35. The Morgan fingerprint density at radius 1 is 1.27 bits per heavy atom. The zero-order valence-electron chi connectivity index (χ0n) is 14.1. The third-order valence-electron chi connectivity index (χ3n) is 3.48. The summed E-state index contributed by atoms with van der Waals surface area (Å²) < 4.78 is 32.3. The van der Waals surface area contributed by atoms with Crippen LogP contribution in [0.4, 0.5) is 0 Å². The van der Waals surface area contributed by atoms with Gasteiger partial charge in [-0.2, -0.15) is 0 Å². The predicted octanol–water partition coefficient (Wildman–Crippen LogP) is 2.34. The quantitative estimate of drug-likeness (QED) is 0.854. The molecular formula is C15H27ClN2O3S. The molecule has 0 bridgehead atoms. The van der Waals surface area contributed by atoms with Gasteiger partial charge in [-0.3, -0.25) is 0 Å². The van der Waals surface area contributed by atoms with Crippen LogP contribution in [0.15, 0.2) is 17.0 Å². The lowest BCUT2D eigenvalue weighted by molar-refractivity contribution is 0.291. The molecule has 0 unspecified atom stereocenters. The molecular weight excluding hydrogens is 324 g/mol. The first-order chi connectivity index (χ1) is 9.55. The third-order valence-corrected chi connectivity index (χ3v) is 5.29. The number of ether oxygens (including phenoxy) is 1. The van der Waals surface area contributed by atoms with Gasteiger partial charge >= 0.3 is 0 Å². The SMILES string of the molecule is COc1c(C)cc(C)cc1S(=O)(=O)N(C)CC(C)(C)CN.Cl. The van der Waals surface area contributed by atoms with Gasteiger partial charge in [-0.15, -0.1) is 12.4 Å². The van der Waals surface area contributed by atoms with Gasteiger partial charge in [0.2, 0.25) is 10.0 Å². The van der Waals surface area contributed by atoms with Crippen LogP contribution >= 0.6 is 12.4 Å². The lowest BCUT2D eigenvalue weighted by Crippen LogP contribution is -2.39. The second-order valence-electron chi connectivity index (χ2n) is 6.24. The summed E-state index contributed by atoms with van der Waals surface area (Å²) in [6.07, 6.45) is 0. The van der Waals surface area contributed by atoms with E-state index in [2.05, 4.69) is 0 Å². The summed E-state index contributed by atoms with van der Waals surface area (Å²) in [6, 6.07) is 3.55. The molecule has 1 aromatic rings. The van der Waals surface area contributed by atoms with E-state index in [-0.39, 0.29) is 22.7 Å². The molecule has 0 radical (unpaired) electrons. The maximum atomic E-state index is 12.8. The first-order valence-electron chi connectivity index (χ1n) is 6.87. The van der Waals surface area contributed by atoms with Crippen molar-refractivity contribution in [3.05, 3.63) is 23.3 Å². The Labute approximate surface area is 140 Å². The lowest BCUT2D eigenvalue weighted by Gasteiger charge is -2.29. The van der Waals surface area contributed by atoms with Crippen molar-refractivity contribution in [1.29, 1.82) is 0 Å². The molecule has 2 N–H and O–H groups in total. The highest BCUT2D eigenvalue weighted by Crippen LogP contribution is 2.31. The molecule has 0 aliphatic carbocycles. The first-order valence-corrected chi connectivity index (χ1v) is 8.31. The van der Waals surface area contributed by atoms with Crippen molar-refractivity contribution in [2.45, 2.75) is 32.6 Å². The summed E-state index contributed by atoms with van der Waals surface area (Å²) in [5.41, 5.74) is 7.11. The van der Waals surface area contributed by atoms with Crippen molar-refractivity contribution >= 4 is 22.4 Å². The molecule has 1 rings (SSSR count). The zero-order chi connectivity index (χ0) is 16.4. The standard InChI is InChI=1S/C15H26N2O3S.ClH/c1-11-7-12(2)14(20-6)13(8-11)21(18,19)17(5)10-15(3,4)9-16;/h7-8H,9-10,16H2,1-6H3;1H. The van der Waals surface area contributed by atoms with Gasteiger partial charge in [0.15, 0.2) is 0 Å². The maximum Gasteiger partial charge on any atom is 0.246 e. The van der Waals surface area contributed by atoms with Gasteiger partial charge in [0.25, 0.3) is 0 Å². The molecule has 1 aromatic carbocycles. The van der Waals surface area contributed by atoms with Crippen LogP contribution in [0, 0.1) is 19.3 Å². The first kappa shape index (κ1) is 21.2.